The molecule has 4 heteroatoms. The van der Waals surface area contributed by atoms with Crippen LogP contribution in [0.2, 0.25) is 0 Å². The maximum atomic E-state index is 2.48. The topological polar surface area (TPSA) is 0 Å². The summed E-state index contributed by atoms with van der Waals surface area (Å²) in [6, 6.07) is 20.2. The van der Waals surface area contributed by atoms with E-state index in [1.165, 1.54) is 36.6 Å². The van der Waals surface area contributed by atoms with Gasteiger partial charge < -0.3 is 9.41 Å². The zero-order valence-corrected chi connectivity index (χ0v) is 20.5. The quantitative estimate of drug-likeness (QED) is 0.435. The van der Waals surface area contributed by atoms with E-state index >= 15 is 0 Å². The van der Waals surface area contributed by atoms with Crippen molar-refractivity contribution in [2.45, 2.75) is 50.7 Å². The minimum atomic E-state index is -0.192. The van der Waals surface area contributed by atoms with Crippen LogP contribution in [-0.2, 0) is 19.2 Å². The first-order chi connectivity index (χ1) is 13.7. The van der Waals surface area contributed by atoms with Crippen LogP contribution in [0.5, 0.6) is 0 Å². The molecule has 0 radical (unpaired) electrons. The van der Waals surface area contributed by atoms with Gasteiger partial charge in [0.1, 0.15) is 0 Å². The third-order valence-corrected chi connectivity index (χ3v) is 10.4. The second-order valence-corrected chi connectivity index (χ2v) is 11.5. The molecule has 0 aliphatic heterocycles. The third-order valence-electron chi connectivity index (χ3n) is 5.96. The Kier molecular flexibility index (Phi) is 9.42. The van der Waals surface area contributed by atoms with Crippen molar-refractivity contribution in [1.29, 1.82) is 0 Å². The van der Waals surface area contributed by atoms with Crippen molar-refractivity contribution in [2.75, 3.05) is 0 Å². The zero-order valence-electron chi connectivity index (χ0n) is 17.9. The van der Waals surface area contributed by atoms with Gasteiger partial charge in [-0.05, 0) is 0 Å². The fourth-order valence-corrected chi connectivity index (χ4v) is 8.78. The van der Waals surface area contributed by atoms with Gasteiger partial charge in [0.25, 0.3) is 0 Å². The summed E-state index contributed by atoms with van der Waals surface area (Å²) < 4.78 is 2.49. The van der Waals surface area contributed by atoms with Crippen molar-refractivity contribution in [1.82, 2.24) is 0 Å². The van der Waals surface area contributed by atoms with Crippen molar-refractivity contribution >= 4 is 19.2 Å². The molecule has 2 atom stereocenters. The number of rotatable bonds is 7. The molecule has 0 saturated heterocycles. The van der Waals surface area contributed by atoms with Crippen LogP contribution in [0.1, 0.15) is 61.8 Å². The number of unbranched alkanes of at least 4 members (excludes halogenated alkanes) is 1. The Morgan fingerprint density at radius 2 is 1.67 bits per heavy atom. The summed E-state index contributed by atoms with van der Waals surface area (Å²) in [5.74, 6) is 0. The van der Waals surface area contributed by atoms with Crippen LogP contribution in [0.15, 0.2) is 81.3 Å². The molecule has 2 aromatic rings. The Morgan fingerprint density at radius 1 is 0.967 bits per heavy atom. The van der Waals surface area contributed by atoms with Crippen LogP contribution < -0.4 is 14.7 Å². The van der Waals surface area contributed by atoms with Gasteiger partial charge in [-0.25, -0.2) is 0 Å². The molecule has 2 aliphatic carbocycles. The average Bonchev–Trinajstić information content (AvgIpc) is 3.20. The van der Waals surface area contributed by atoms with E-state index in [-0.39, 0.29) is 28.6 Å². The number of hydrogen-bond donors (Lipinski definition) is 0. The van der Waals surface area contributed by atoms with Crippen LogP contribution in [0.3, 0.4) is 0 Å². The molecule has 0 amide bonds. The van der Waals surface area contributed by atoms with Gasteiger partial charge in [-0.15, -0.1) is 0 Å². The van der Waals surface area contributed by atoms with Crippen LogP contribution in [0.25, 0.3) is 5.31 Å². The fourth-order valence-electron chi connectivity index (χ4n) is 4.35. The number of allylic oxidation sites excluding steroid dienone is 5. The van der Waals surface area contributed by atoms with Gasteiger partial charge in [0.05, 0.1) is 0 Å². The van der Waals surface area contributed by atoms with Crippen LogP contribution >= 0.6 is 8.58 Å². The van der Waals surface area contributed by atoms with Gasteiger partial charge in [0, 0.05) is 0 Å². The third kappa shape index (κ3) is 5.10. The molecule has 0 aromatic heterocycles. The second-order valence-electron chi connectivity index (χ2n) is 7.87. The first-order valence-electron chi connectivity index (χ1n) is 10.5. The molecule has 4 rings (SSSR count). The van der Waals surface area contributed by atoms with Crippen LogP contribution in [-0.4, -0.2) is 0 Å². The number of fused-ring (bicyclic) bond motifs is 1. The molecular weight excluding hydrogens is 429 g/mol. The fraction of sp³-hybridized carbons (Fsp3) is 0.308. The van der Waals surface area contributed by atoms with E-state index in [2.05, 4.69) is 81.4 Å². The number of halogens is 2. The molecule has 0 spiro atoms. The van der Waals surface area contributed by atoms with E-state index < -0.39 is 0 Å². The van der Waals surface area contributed by atoms with E-state index in [0.29, 0.717) is 4.22 Å². The Labute approximate surface area is 190 Å². The molecular formula is C26H29F2PTi. The van der Waals surface area contributed by atoms with Gasteiger partial charge in [0.2, 0.25) is 0 Å². The van der Waals surface area contributed by atoms with Gasteiger partial charge in [-0.2, -0.15) is 0 Å². The molecule has 0 bridgehead atoms. The average molecular weight is 458 g/mol. The van der Waals surface area contributed by atoms with Gasteiger partial charge in [-0.1, -0.05) is 0 Å². The van der Waals surface area contributed by atoms with Crippen LogP contribution in [0, 0.1) is 0 Å². The number of hydrogen-bond acceptors (Lipinski definition) is 0. The van der Waals surface area contributed by atoms with Crippen molar-refractivity contribution in [2.24, 2.45) is 0 Å². The predicted octanol–water partition coefficient (Wildman–Crippen LogP) is 1.36. The molecule has 2 aliphatic rings. The summed E-state index contributed by atoms with van der Waals surface area (Å²) in [7, 11) is 0.765. The summed E-state index contributed by atoms with van der Waals surface area (Å²) in [6.07, 6.45) is 7.60. The maximum Gasteiger partial charge on any atom is -1.00 e. The van der Waals surface area contributed by atoms with Gasteiger partial charge >= 0.3 is 181 Å². The van der Waals surface area contributed by atoms with Crippen molar-refractivity contribution in [3.8, 4) is 0 Å². The van der Waals surface area contributed by atoms with E-state index in [4.69, 9.17) is 0 Å². The Balaban J connectivity index is 0.00000160. The van der Waals surface area contributed by atoms with Gasteiger partial charge in [0.15, 0.2) is 0 Å². The second kappa shape index (κ2) is 11.3. The van der Waals surface area contributed by atoms with Gasteiger partial charge in [-0.3, -0.25) is 0 Å². The Hall–Kier alpha value is -1.34. The molecule has 2 unspecified atom stereocenters. The maximum absolute atomic E-state index is 2.48. The molecule has 156 valence electrons. The monoisotopic (exact) mass is 458 g/mol. The Morgan fingerprint density at radius 3 is 2.40 bits per heavy atom. The first-order valence-corrected chi connectivity index (χ1v) is 13.1. The minimum Gasteiger partial charge on any atom is -1.00 e. The van der Waals surface area contributed by atoms with E-state index in [9.17, 15) is 0 Å². The van der Waals surface area contributed by atoms with E-state index in [1.54, 1.807) is 27.6 Å². The van der Waals surface area contributed by atoms with E-state index in [0.717, 1.165) is 8.58 Å². The Bertz CT molecular complexity index is 960. The molecule has 0 fully saturated rings. The first kappa shape index (κ1) is 24.9. The molecule has 30 heavy (non-hydrogen) atoms. The standard InChI is InChI=1S/C16H14P.C10H15.2FH.Ti/c1-12-11-13-7-5-6-10-15(13)16(12)17-14-8-3-2-4-9-14;1-3-4-7-10-8-5-6-9(10)2;;;/h2-11,17H,1H3;6H,3-5,7H2,1-2H3;2*1H;/q;;;;+2/p-2. The molecule has 2 aromatic carbocycles. The summed E-state index contributed by atoms with van der Waals surface area (Å²) in [6.45, 7) is 7.06. The largest absolute Gasteiger partial charge is 1.00 e. The van der Waals surface area contributed by atoms with Crippen molar-refractivity contribution in [3.63, 3.8) is 0 Å². The normalized spacial score (nSPS) is 17.6. The summed E-state index contributed by atoms with van der Waals surface area (Å²) in [4.78, 5) is 0. The van der Waals surface area contributed by atoms with Crippen molar-refractivity contribution in [3.05, 3.63) is 92.4 Å². The smallest absolute Gasteiger partial charge is 1.00 e. The van der Waals surface area contributed by atoms with Crippen LogP contribution in [0.4, 0.5) is 0 Å². The summed E-state index contributed by atoms with van der Waals surface area (Å²) >= 11 is -0.192. The minimum absolute atomic E-state index is 0. The molecule has 0 nitrogen and oxygen atoms in total. The van der Waals surface area contributed by atoms with E-state index in [1.807, 2.05) is 3.88 Å². The molecule has 0 saturated carbocycles. The summed E-state index contributed by atoms with van der Waals surface area (Å²) in [5, 5.41) is 3.06. The summed E-state index contributed by atoms with van der Waals surface area (Å²) in [5.41, 5.74) is 8.05. The molecule has 0 N–H and O–H groups in total. The number of benzene rings is 2. The zero-order chi connectivity index (χ0) is 19.5. The molecule has 0 heterocycles. The van der Waals surface area contributed by atoms with Crippen molar-refractivity contribution < 1.29 is 28.6 Å². The SMILES string of the molecule is CCCCC1=[C]([Ti+2][CH]2C(C)=C(Pc3ccccc3)c3ccccc32)CC=C1C.[F-].[F-]. The predicted molar refractivity (Wildman–Crippen MR) is 121 cm³/mol.